The van der Waals surface area contributed by atoms with Crippen LogP contribution >= 0.6 is 0 Å². The number of benzene rings is 2. The Bertz CT molecular complexity index is 1420. The van der Waals surface area contributed by atoms with Gasteiger partial charge in [-0.2, -0.15) is 4.31 Å². The smallest absolute Gasteiger partial charge is 0.244 e. The van der Waals surface area contributed by atoms with Crippen LogP contribution in [-0.2, 0) is 32.6 Å². The second kappa shape index (κ2) is 11.5. The van der Waals surface area contributed by atoms with E-state index in [0.29, 0.717) is 11.1 Å². The first-order valence-electron chi connectivity index (χ1n) is 14.5. The highest BCUT2D eigenvalue weighted by Gasteiger charge is 2.46. The Morgan fingerprint density at radius 3 is 2.39 bits per heavy atom. The van der Waals surface area contributed by atoms with Crippen molar-refractivity contribution in [2.45, 2.75) is 116 Å². The largest absolute Gasteiger partial charge is 0.349 e. The molecule has 1 saturated heterocycles. The first-order chi connectivity index (χ1) is 19.0. The average Bonchev–Trinajstić information content (AvgIpc) is 2.82. The predicted octanol–water partition coefficient (Wildman–Crippen LogP) is 4.35. The molecule has 0 radical (unpaired) electrons. The van der Waals surface area contributed by atoms with E-state index >= 15 is 0 Å². The molecule has 0 unspecified atom stereocenters. The van der Waals surface area contributed by atoms with Gasteiger partial charge in [-0.25, -0.2) is 8.42 Å². The van der Waals surface area contributed by atoms with Crippen molar-refractivity contribution in [2.24, 2.45) is 0 Å². The Kier molecular flexibility index (Phi) is 8.75. The minimum Gasteiger partial charge on any atom is -0.349 e. The Morgan fingerprint density at radius 2 is 1.76 bits per heavy atom. The number of amides is 2. The highest BCUT2D eigenvalue weighted by Crippen LogP contribution is 2.33. The molecule has 8 nitrogen and oxygen atoms in total. The van der Waals surface area contributed by atoms with E-state index in [4.69, 9.17) is 0 Å². The summed E-state index contributed by atoms with van der Waals surface area (Å²) in [5.41, 5.74) is 4.99. The van der Waals surface area contributed by atoms with Crippen molar-refractivity contribution in [3.63, 3.8) is 0 Å². The Balaban J connectivity index is 1.56. The van der Waals surface area contributed by atoms with Crippen molar-refractivity contribution in [1.82, 2.24) is 20.3 Å². The number of piperazine rings is 1. The van der Waals surface area contributed by atoms with E-state index in [-0.39, 0.29) is 35.3 Å². The van der Waals surface area contributed by atoms with Gasteiger partial charge in [-0.3, -0.25) is 9.59 Å². The number of carbonyl (C=O) groups excluding carboxylic acids is 2. The monoisotopic (exact) mass is 582 g/mol. The minimum absolute atomic E-state index is 0.0191. The lowest BCUT2D eigenvalue weighted by molar-refractivity contribution is -0.134. The fourth-order valence-electron chi connectivity index (χ4n) is 6.15. The molecule has 0 spiro atoms. The summed E-state index contributed by atoms with van der Waals surface area (Å²) in [7, 11) is -4.05. The number of nitrogens with one attached hydrogen (secondary N) is 3. The van der Waals surface area contributed by atoms with E-state index in [1.165, 1.54) is 15.4 Å². The number of hydrogen-bond acceptors (Lipinski definition) is 5. The fourth-order valence-corrected chi connectivity index (χ4v) is 8.31. The molecule has 224 valence electrons. The van der Waals surface area contributed by atoms with Crippen LogP contribution in [0.4, 0.5) is 0 Å². The highest BCUT2D eigenvalue weighted by molar-refractivity contribution is 7.89. The van der Waals surface area contributed by atoms with Gasteiger partial charge in [-0.15, -0.1) is 0 Å². The van der Waals surface area contributed by atoms with E-state index in [1.807, 2.05) is 19.1 Å². The molecule has 2 aromatic carbocycles. The van der Waals surface area contributed by atoms with Crippen molar-refractivity contribution < 1.29 is 18.0 Å². The summed E-state index contributed by atoms with van der Waals surface area (Å²) < 4.78 is 29.4. The third-order valence-corrected chi connectivity index (χ3v) is 10.1. The second-order valence-electron chi connectivity index (χ2n) is 13.5. The molecule has 2 aromatic rings. The van der Waals surface area contributed by atoms with Crippen LogP contribution in [0.5, 0.6) is 0 Å². The zero-order chi connectivity index (χ0) is 30.3. The van der Waals surface area contributed by atoms with Crippen molar-refractivity contribution >= 4 is 21.8 Å². The van der Waals surface area contributed by atoms with E-state index in [9.17, 15) is 18.0 Å². The zero-order valence-electron chi connectivity index (χ0n) is 25.8. The SMILES string of the molecule is Cc1cc(C)c(S(=O)(=O)N2CC(C)(C)NC(=O)[C@H]2CC(=O)N[C@H]2CCCc3cc(CNC(C)(C)C)ccc32)c(C)c1. The second-order valence-corrected chi connectivity index (χ2v) is 15.3. The molecule has 9 heteroatoms. The van der Waals surface area contributed by atoms with Gasteiger partial charge in [-0.05, 0) is 102 Å². The summed E-state index contributed by atoms with van der Waals surface area (Å²) in [6.07, 6.45) is 2.45. The number of hydrogen-bond donors (Lipinski definition) is 3. The number of fused-ring (bicyclic) bond motifs is 1. The number of rotatable bonds is 7. The third kappa shape index (κ3) is 7.19. The molecule has 0 aromatic heterocycles. The van der Waals surface area contributed by atoms with Crippen LogP contribution in [0, 0.1) is 20.8 Å². The van der Waals surface area contributed by atoms with Gasteiger partial charge in [0.05, 0.1) is 17.4 Å². The lowest BCUT2D eigenvalue weighted by Crippen LogP contribution is -2.66. The zero-order valence-corrected chi connectivity index (χ0v) is 26.6. The molecule has 0 bridgehead atoms. The molecule has 1 fully saturated rings. The molecule has 1 aliphatic heterocycles. The first-order valence-corrected chi connectivity index (χ1v) is 16.0. The van der Waals surface area contributed by atoms with E-state index in [2.05, 4.69) is 54.9 Å². The van der Waals surface area contributed by atoms with Crippen LogP contribution in [0.2, 0.25) is 0 Å². The van der Waals surface area contributed by atoms with Crippen molar-refractivity contribution in [1.29, 1.82) is 0 Å². The quantitative estimate of drug-likeness (QED) is 0.450. The number of sulfonamides is 1. The minimum atomic E-state index is -4.05. The normalized spacial score (nSPS) is 21.2. The predicted molar refractivity (Wildman–Crippen MR) is 162 cm³/mol. The summed E-state index contributed by atoms with van der Waals surface area (Å²) >= 11 is 0. The van der Waals surface area contributed by atoms with Crippen LogP contribution in [-0.4, -0.2) is 48.2 Å². The Hall–Kier alpha value is -2.75. The van der Waals surface area contributed by atoms with Crippen molar-refractivity contribution in [2.75, 3.05) is 6.54 Å². The molecule has 1 heterocycles. The summed E-state index contributed by atoms with van der Waals surface area (Å²) in [6.45, 7) is 16.3. The summed E-state index contributed by atoms with van der Waals surface area (Å²) in [5, 5.41) is 9.57. The van der Waals surface area contributed by atoms with Crippen LogP contribution in [0.25, 0.3) is 0 Å². The molecule has 1 aliphatic carbocycles. The maximum Gasteiger partial charge on any atom is 0.244 e. The first kappa shape index (κ1) is 31.2. The van der Waals surface area contributed by atoms with Gasteiger partial charge in [-0.1, -0.05) is 35.9 Å². The molecule has 2 aliphatic rings. The van der Waals surface area contributed by atoms with Crippen molar-refractivity contribution in [3.05, 3.63) is 63.7 Å². The molecule has 41 heavy (non-hydrogen) atoms. The molecule has 2 amide bonds. The van der Waals surface area contributed by atoms with Crippen molar-refractivity contribution in [3.8, 4) is 0 Å². The fraction of sp³-hybridized carbons (Fsp3) is 0.562. The maximum atomic E-state index is 14.1. The lowest BCUT2D eigenvalue weighted by Gasteiger charge is -2.43. The molecule has 4 rings (SSSR count). The topological polar surface area (TPSA) is 108 Å². The van der Waals surface area contributed by atoms with Gasteiger partial charge in [0.25, 0.3) is 0 Å². The Labute approximate surface area is 245 Å². The van der Waals surface area contributed by atoms with E-state index < -0.39 is 27.5 Å². The molecular weight excluding hydrogens is 536 g/mol. The van der Waals surface area contributed by atoms with Gasteiger partial charge < -0.3 is 16.0 Å². The van der Waals surface area contributed by atoms with Crippen LogP contribution in [0.15, 0.2) is 35.2 Å². The lowest BCUT2D eigenvalue weighted by atomic mass is 9.86. The summed E-state index contributed by atoms with van der Waals surface area (Å²) in [4.78, 5) is 27.0. The van der Waals surface area contributed by atoms with Gasteiger partial charge in [0.1, 0.15) is 6.04 Å². The standard InChI is InChI=1S/C32H46N4O4S/c1-20-14-21(2)29(22(3)15-20)41(39,40)36-19-32(7,8)35-30(38)27(36)17-28(37)34-26-11-9-10-24-16-23(12-13-25(24)26)18-33-31(4,5)6/h12-16,26-27,33H,9-11,17-19H2,1-8H3,(H,34,37)(H,35,38)/t26-,27+/m0/s1. The van der Waals surface area contributed by atoms with Gasteiger partial charge in [0.2, 0.25) is 21.8 Å². The number of carbonyl (C=O) groups is 2. The van der Waals surface area contributed by atoms with Gasteiger partial charge >= 0.3 is 0 Å². The van der Waals surface area contributed by atoms with Crippen LogP contribution in [0.3, 0.4) is 0 Å². The number of aryl methyl sites for hydroxylation is 4. The van der Waals surface area contributed by atoms with Gasteiger partial charge in [0, 0.05) is 24.2 Å². The molecule has 2 atom stereocenters. The summed E-state index contributed by atoms with van der Waals surface area (Å²) in [6, 6.07) is 8.76. The summed E-state index contributed by atoms with van der Waals surface area (Å²) in [5.74, 6) is -0.791. The molecular formula is C32H46N4O4S. The van der Waals surface area contributed by atoms with Crippen LogP contribution in [0.1, 0.15) is 93.3 Å². The van der Waals surface area contributed by atoms with E-state index in [0.717, 1.165) is 36.9 Å². The van der Waals surface area contributed by atoms with E-state index in [1.54, 1.807) is 27.7 Å². The maximum absolute atomic E-state index is 14.1. The number of nitrogens with zero attached hydrogens (tertiary/aromatic N) is 1. The highest BCUT2D eigenvalue weighted by atomic mass is 32.2. The van der Waals surface area contributed by atoms with Gasteiger partial charge in [0.15, 0.2) is 0 Å². The average molecular weight is 583 g/mol. The Morgan fingerprint density at radius 1 is 1.10 bits per heavy atom. The third-order valence-electron chi connectivity index (χ3n) is 7.89. The molecule has 0 saturated carbocycles. The molecule has 3 N–H and O–H groups in total. The van der Waals surface area contributed by atoms with Crippen LogP contribution < -0.4 is 16.0 Å².